The van der Waals surface area contributed by atoms with Crippen molar-refractivity contribution in [1.29, 1.82) is 0 Å². The molecule has 2 rings (SSSR count). The van der Waals surface area contributed by atoms with Crippen molar-refractivity contribution in [2.24, 2.45) is 0 Å². The predicted octanol–water partition coefficient (Wildman–Crippen LogP) is -0.291. The normalized spacial score (nSPS) is 17.6. The molecule has 1 amide bonds. The second-order valence-electron chi connectivity index (χ2n) is 4.03. The molecule has 0 radical (unpaired) electrons. The zero-order valence-corrected chi connectivity index (χ0v) is 9.89. The Kier molecular flexibility index (Phi) is 3.87. The lowest BCUT2D eigenvalue weighted by Crippen LogP contribution is -2.50. The van der Waals surface area contributed by atoms with Crippen LogP contribution in [0.1, 0.15) is 6.92 Å². The van der Waals surface area contributed by atoms with Gasteiger partial charge in [0.05, 0.1) is 6.20 Å². The van der Waals surface area contributed by atoms with Crippen molar-refractivity contribution in [2.45, 2.75) is 13.0 Å². The van der Waals surface area contributed by atoms with E-state index in [0.717, 1.165) is 26.2 Å². The molecule has 6 heteroatoms. The maximum absolute atomic E-state index is 12.1. The monoisotopic (exact) mass is 235 g/mol. The Morgan fingerprint density at radius 2 is 2.24 bits per heavy atom. The first kappa shape index (κ1) is 11.8. The van der Waals surface area contributed by atoms with E-state index in [2.05, 4.69) is 20.6 Å². The van der Waals surface area contributed by atoms with E-state index in [1.54, 1.807) is 18.6 Å². The van der Waals surface area contributed by atoms with E-state index < -0.39 is 0 Å². The van der Waals surface area contributed by atoms with Gasteiger partial charge in [-0.2, -0.15) is 0 Å². The number of hydrogen-bond donors (Lipinski definition) is 2. The number of amides is 1. The fourth-order valence-electron chi connectivity index (χ4n) is 1.82. The molecule has 0 saturated carbocycles. The Bertz CT molecular complexity index is 363. The molecule has 0 aliphatic carbocycles. The Morgan fingerprint density at radius 3 is 2.88 bits per heavy atom. The van der Waals surface area contributed by atoms with Crippen LogP contribution in [0.2, 0.25) is 0 Å². The van der Waals surface area contributed by atoms with Gasteiger partial charge >= 0.3 is 0 Å². The molecular weight excluding hydrogens is 218 g/mol. The summed E-state index contributed by atoms with van der Waals surface area (Å²) in [6.45, 7) is 5.11. The number of carbonyl (C=O) groups is 1. The summed E-state index contributed by atoms with van der Waals surface area (Å²) in [4.78, 5) is 22.0. The summed E-state index contributed by atoms with van der Waals surface area (Å²) >= 11 is 0. The molecule has 1 fully saturated rings. The highest BCUT2D eigenvalue weighted by Crippen LogP contribution is 2.04. The zero-order valence-electron chi connectivity index (χ0n) is 9.89. The van der Waals surface area contributed by atoms with Gasteiger partial charge in [-0.3, -0.25) is 9.78 Å². The molecule has 1 aliphatic rings. The van der Waals surface area contributed by atoms with Gasteiger partial charge in [-0.25, -0.2) is 4.98 Å². The minimum atomic E-state index is -0.273. The van der Waals surface area contributed by atoms with Gasteiger partial charge in [0, 0.05) is 38.6 Å². The number of rotatable bonds is 3. The molecule has 1 aromatic heterocycles. The molecule has 6 nitrogen and oxygen atoms in total. The van der Waals surface area contributed by atoms with Crippen molar-refractivity contribution in [1.82, 2.24) is 20.2 Å². The standard InChI is InChI=1S/C11H17N5O/c1-9(15-10-8-13-2-3-14-10)11(17)16-6-4-12-5-7-16/h2-3,8-9,12H,4-7H2,1H3,(H,14,15). The second kappa shape index (κ2) is 5.58. The van der Waals surface area contributed by atoms with Crippen LogP contribution in [-0.4, -0.2) is 53.0 Å². The van der Waals surface area contributed by atoms with Crippen molar-refractivity contribution in [3.8, 4) is 0 Å². The van der Waals surface area contributed by atoms with E-state index in [1.807, 2.05) is 11.8 Å². The second-order valence-corrected chi connectivity index (χ2v) is 4.03. The quantitative estimate of drug-likeness (QED) is 0.753. The third-order valence-electron chi connectivity index (χ3n) is 2.73. The predicted molar refractivity (Wildman–Crippen MR) is 64.6 cm³/mol. The summed E-state index contributed by atoms with van der Waals surface area (Å²) in [6, 6.07) is -0.273. The summed E-state index contributed by atoms with van der Waals surface area (Å²) in [6.07, 6.45) is 4.82. The van der Waals surface area contributed by atoms with E-state index >= 15 is 0 Å². The fraction of sp³-hybridized carbons (Fsp3) is 0.545. The number of nitrogens with one attached hydrogen (secondary N) is 2. The molecule has 1 atom stereocenters. The Balaban J connectivity index is 1.90. The smallest absolute Gasteiger partial charge is 0.244 e. The molecule has 1 unspecified atom stereocenters. The number of nitrogens with zero attached hydrogens (tertiary/aromatic N) is 3. The number of aromatic nitrogens is 2. The summed E-state index contributed by atoms with van der Waals surface area (Å²) < 4.78 is 0. The van der Waals surface area contributed by atoms with Crippen LogP contribution in [0.25, 0.3) is 0 Å². The molecule has 0 aromatic carbocycles. The number of carbonyl (C=O) groups excluding carboxylic acids is 1. The number of hydrogen-bond acceptors (Lipinski definition) is 5. The van der Waals surface area contributed by atoms with Gasteiger partial charge in [0.1, 0.15) is 11.9 Å². The summed E-state index contributed by atoms with van der Waals surface area (Å²) in [5.41, 5.74) is 0. The zero-order chi connectivity index (χ0) is 12.1. The largest absolute Gasteiger partial charge is 0.357 e. The molecule has 92 valence electrons. The molecular formula is C11H17N5O. The summed E-state index contributed by atoms with van der Waals surface area (Å²) in [5, 5.41) is 6.28. The maximum Gasteiger partial charge on any atom is 0.244 e. The molecule has 2 heterocycles. The lowest BCUT2D eigenvalue weighted by atomic mass is 10.2. The molecule has 1 saturated heterocycles. The van der Waals surface area contributed by atoms with Crippen LogP contribution >= 0.6 is 0 Å². The maximum atomic E-state index is 12.1. The third-order valence-corrected chi connectivity index (χ3v) is 2.73. The van der Waals surface area contributed by atoms with E-state index in [0.29, 0.717) is 5.82 Å². The highest BCUT2D eigenvalue weighted by Gasteiger charge is 2.21. The first-order valence-electron chi connectivity index (χ1n) is 5.79. The molecule has 2 N–H and O–H groups in total. The Hall–Kier alpha value is -1.69. The van der Waals surface area contributed by atoms with Crippen molar-refractivity contribution >= 4 is 11.7 Å². The van der Waals surface area contributed by atoms with Crippen molar-refractivity contribution in [3.05, 3.63) is 18.6 Å². The SMILES string of the molecule is CC(Nc1cnccn1)C(=O)N1CCNCC1. The topological polar surface area (TPSA) is 70.2 Å². The fourth-order valence-corrected chi connectivity index (χ4v) is 1.82. The van der Waals surface area contributed by atoms with Crippen LogP contribution in [0.4, 0.5) is 5.82 Å². The van der Waals surface area contributed by atoms with Crippen LogP contribution in [0, 0.1) is 0 Å². The van der Waals surface area contributed by atoms with E-state index in [1.165, 1.54) is 0 Å². The van der Waals surface area contributed by atoms with Gasteiger partial charge in [-0.15, -0.1) is 0 Å². The minimum absolute atomic E-state index is 0.108. The highest BCUT2D eigenvalue weighted by molar-refractivity contribution is 5.84. The first-order chi connectivity index (χ1) is 8.27. The minimum Gasteiger partial charge on any atom is -0.357 e. The molecule has 1 aliphatic heterocycles. The Morgan fingerprint density at radius 1 is 1.47 bits per heavy atom. The van der Waals surface area contributed by atoms with Crippen molar-refractivity contribution < 1.29 is 4.79 Å². The van der Waals surface area contributed by atoms with E-state index in [-0.39, 0.29) is 11.9 Å². The lowest BCUT2D eigenvalue weighted by Gasteiger charge is -2.30. The summed E-state index contributed by atoms with van der Waals surface area (Å²) in [7, 11) is 0. The van der Waals surface area contributed by atoms with Crippen LogP contribution < -0.4 is 10.6 Å². The van der Waals surface area contributed by atoms with Gasteiger partial charge in [-0.1, -0.05) is 0 Å². The third kappa shape index (κ3) is 3.13. The van der Waals surface area contributed by atoms with Crippen LogP contribution in [0.3, 0.4) is 0 Å². The van der Waals surface area contributed by atoms with Gasteiger partial charge in [0.2, 0.25) is 5.91 Å². The van der Waals surface area contributed by atoms with Crippen molar-refractivity contribution in [3.63, 3.8) is 0 Å². The van der Waals surface area contributed by atoms with Gasteiger partial charge in [-0.05, 0) is 6.92 Å². The number of piperazine rings is 1. The Labute approximate surface area is 100 Å². The first-order valence-corrected chi connectivity index (χ1v) is 5.79. The van der Waals surface area contributed by atoms with E-state index in [9.17, 15) is 4.79 Å². The average molecular weight is 235 g/mol. The van der Waals surface area contributed by atoms with Crippen molar-refractivity contribution in [2.75, 3.05) is 31.5 Å². The van der Waals surface area contributed by atoms with Gasteiger partial charge < -0.3 is 15.5 Å². The molecule has 0 spiro atoms. The molecule has 17 heavy (non-hydrogen) atoms. The summed E-state index contributed by atoms with van der Waals surface area (Å²) in [5.74, 6) is 0.737. The van der Waals surface area contributed by atoms with E-state index in [4.69, 9.17) is 0 Å². The van der Waals surface area contributed by atoms with Gasteiger partial charge in [0.15, 0.2) is 0 Å². The average Bonchev–Trinajstić information content (AvgIpc) is 2.40. The number of anilines is 1. The highest BCUT2D eigenvalue weighted by atomic mass is 16.2. The van der Waals surface area contributed by atoms with Crippen LogP contribution in [0.15, 0.2) is 18.6 Å². The van der Waals surface area contributed by atoms with Crippen LogP contribution in [-0.2, 0) is 4.79 Å². The van der Waals surface area contributed by atoms with Gasteiger partial charge in [0.25, 0.3) is 0 Å². The molecule has 1 aromatic rings. The van der Waals surface area contributed by atoms with Crippen LogP contribution in [0.5, 0.6) is 0 Å². The molecule has 0 bridgehead atoms. The lowest BCUT2D eigenvalue weighted by molar-refractivity contribution is -0.132.